The van der Waals surface area contributed by atoms with E-state index in [1.54, 1.807) is 18.5 Å². The molecule has 2 heterocycles. The molecule has 3 aromatic rings. The van der Waals surface area contributed by atoms with Crippen molar-refractivity contribution in [1.82, 2.24) is 15.0 Å². The van der Waals surface area contributed by atoms with E-state index >= 15 is 0 Å². The zero-order chi connectivity index (χ0) is 13.1. The molecule has 0 amide bonds. The smallest absolute Gasteiger partial charge is 0.228 e. The van der Waals surface area contributed by atoms with Crippen molar-refractivity contribution in [2.45, 2.75) is 0 Å². The van der Waals surface area contributed by atoms with Crippen molar-refractivity contribution in [2.24, 2.45) is 0 Å². The van der Waals surface area contributed by atoms with E-state index in [1.807, 2.05) is 29.6 Å². The number of benzene rings is 1. The van der Waals surface area contributed by atoms with E-state index in [-0.39, 0.29) is 0 Å². The minimum Gasteiger partial charge on any atom is -0.300 e. The average molecular weight is 333 g/mol. The molecule has 0 aliphatic rings. The lowest BCUT2D eigenvalue weighted by Gasteiger charge is -1.99. The molecule has 3 rings (SSSR count). The predicted molar refractivity (Wildman–Crippen MR) is 80.6 cm³/mol. The summed E-state index contributed by atoms with van der Waals surface area (Å²) in [6.07, 6.45) is 3.39. The summed E-state index contributed by atoms with van der Waals surface area (Å²) in [6.45, 7) is 0. The molecule has 1 aromatic carbocycles. The molecule has 1 N–H and O–H groups in total. The Morgan fingerprint density at radius 1 is 1.11 bits per heavy atom. The largest absolute Gasteiger partial charge is 0.300 e. The van der Waals surface area contributed by atoms with E-state index in [9.17, 15) is 0 Å². The first-order chi connectivity index (χ1) is 9.31. The summed E-state index contributed by atoms with van der Waals surface area (Å²) in [5.74, 6) is 0.553. The van der Waals surface area contributed by atoms with Gasteiger partial charge < -0.3 is 5.32 Å². The van der Waals surface area contributed by atoms with Crippen molar-refractivity contribution in [3.63, 3.8) is 0 Å². The Labute approximate surface area is 122 Å². The fraction of sp³-hybridized carbons (Fsp3) is 0. The Kier molecular flexibility index (Phi) is 3.52. The summed E-state index contributed by atoms with van der Waals surface area (Å²) in [7, 11) is 0. The van der Waals surface area contributed by atoms with Crippen LogP contribution in [0.2, 0.25) is 0 Å². The first-order valence-corrected chi connectivity index (χ1v) is 7.24. The molecule has 19 heavy (non-hydrogen) atoms. The van der Waals surface area contributed by atoms with Gasteiger partial charge in [-0.25, -0.2) is 15.0 Å². The van der Waals surface area contributed by atoms with Gasteiger partial charge in [-0.3, -0.25) is 0 Å². The number of nitrogens with zero attached hydrogens (tertiary/aromatic N) is 3. The molecule has 0 spiro atoms. The maximum atomic E-state index is 4.52. The lowest BCUT2D eigenvalue weighted by Crippen LogP contribution is -1.94. The fourth-order valence-electron chi connectivity index (χ4n) is 1.57. The van der Waals surface area contributed by atoms with Crippen molar-refractivity contribution in [3.05, 3.63) is 52.6 Å². The Balaban J connectivity index is 1.84. The van der Waals surface area contributed by atoms with Gasteiger partial charge in [-0.15, -0.1) is 11.3 Å². The van der Waals surface area contributed by atoms with E-state index in [2.05, 4.69) is 36.2 Å². The normalized spacial score (nSPS) is 10.4. The standard InChI is InChI=1S/C13H9BrN4S/c14-10-4-1-3-9(7-10)11-8-19-13(17-11)18-12-15-5-2-6-16-12/h1-8H,(H,15,16,17,18). The molecule has 0 aliphatic carbocycles. The van der Waals surface area contributed by atoms with Crippen LogP contribution in [0.4, 0.5) is 11.1 Å². The third-order valence-corrected chi connectivity index (χ3v) is 3.66. The van der Waals surface area contributed by atoms with Crippen molar-refractivity contribution >= 4 is 38.3 Å². The predicted octanol–water partition coefficient (Wildman–Crippen LogP) is 4.11. The molecule has 2 aromatic heterocycles. The highest BCUT2D eigenvalue weighted by molar-refractivity contribution is 9.10. The van der Waals surface area contributed by atoms with Crippen LogP contribution in [0.1, 0.15) is 0 Å². The van der Waals surface area contributed by atoms with Gasteiger partial charge in [0.2, 0.25) is 5.95 Å². The highest BCUT2D eigenvalue weighted by Crippen LogP contribution is 2.27. The number of rotatable bonds is 3. The molecule has 0 radical (unpaired) electrons. The van der Waals surface area contributed by atoms with Crippen LogP contribution >= 0.6 is 27.3 Å². The molecule has 0 aliphatic heterocycles. The number of hydrogen-bond donors (Lipinski definition) is 1. The zero-order valence-electron chi connectivity index (χ0n) is 9.75. The number of anilines is 2. The highest BCUT2D eigenvalue weighted by Gasteiger charge is 2.05. The molecular weight excluding hydrogens is 324 g/mol. The maximum absolute atomic E-state index is 4.52. The summed E-state index contributed by atoms with van der Waals surface area (Å²) in [4.78, 5) is 12.7. The zero-order valence-corrected chi connectivity index (χ0v) is 12.1. The van der Waals surface area contributed by atoms with E-state index in [1.165, 1.54) is 11.3 Å². The van der Waals surface area contributed by atoms with Crippen molar-refractivity contribution in [3.8, 4) is 11.3 Å². The van der Waals surface area contributed by atoms with Crippen molar-refractivity contribution in [2.75, 3.05) is 5.32 Å². The highest BCUT2D eigenvalue weighted by atomic mass is 79.9. The number of aromatic nitrogens is 3. The van der Waals surface area contributed by atoms with Gasteiger partial charge in [0, 0.05) is 27.8 Å². The van der Waals surface area contributed by atoms with Gasteiger partial charge in [0.05, 0.1) is 5.69 Å². The first kappa shape index (κ1) is 12.3. The summed E-state index contributed by atoms with van der Waals surface area (Å²) >= 11 is 4.99. The monoisotopic (exact) mass is 332 g/mol. The SMILES string of the molecule is Brc1cccc(-c2csc(Nc3ncccn3)n2)c1. The second kappa shape index (κ2) is 5.46. The molecule has 94 valence electrons. The van der Waals surface area contributed by atoms with Crippen LogP contribution in [0.25, 0.3) is 11.3 Å². The minimum absolute atomic E-state index is 0.553. The van der Waals surface area contributed by atoms with Gasteiger partial charge in [-0.1, -0.05) is 28.1 Å². The summed E-state index contributed by atoms with van der Waals surface area (Å²) in [5.41, 5.74) is 2.01. The van der Waals surface area contributed by atoms with Gasteiger partial charge in [0.25, 0.3) is 0 Å². The fourth-order valence-corrected chi connectivity index (χ4v) is 2.68. The summed E-state index contributed by atoms with van der Waals surface area (Å²) < 4.78 is 1.04. The van der Waals surface area contributed by atoms with E-state index < -0.39 is 0 Å². The van der Waals surface area contributed by atoms with E-state index in [0.29, 0.717) is 5.95 Å². The van der Waals surface area contributed by atoms with Gasteiger partial charge in [-0.05, 0) is 18.2 Å². The van der Waals surface area contributed by atoms with Crippen LogP contribution in [0.3, 0.4) is 0 Å². The van der Waals surface area contributed by atoms with E-state index in [0.717, 1.165) is 20.9 Å². The molecule has 0 atom stereocenters. The van der Waals surface area contributed by atoms with Crippen LogP contribution in [0, 0.1) is 0 Å². The molecule has 6 heteroatoms. The van der Waals surface area contributed by atoms with Crippen molar-refractivity contribution in [1.29, 1.82) is 0 Å². The second-order valence-corrected chi connectivity index (χ2v) is 5.52. The Hall–Kier alpha value is -1.79. The Bertz CT molecular complexity index is 684. The van der Waals surface area contributed by atoms with Gasteiger partial charge >= 0.3 is 0 Å². The molecule has 4 nitrogen and oxygen atoms in total. The first-order valence-electron chi connectivity index (χ1n) is 5.57. The summed E-state index contributed by atoms with van der Waals surface area (Å²) in [6, 6.07) is 9.83. The lowest BCUT2D eigenvalue weighted by atomic mass is 10.2. The van der Waals surface area contributed by atoms with Gasteiger partial charge in [0.15, 0.2) is 5.13 Å². The van der Waals surface area contributed by atoms with Crippen LogP contribution in [0.15, 0.2) is 52.6 Å². The molecule has 0 saturated heterocycles. The third kappa shape index (κ3) is 2.97. The molecule has 0 unspecified atom stereocenters. The third-order valence-electron chi connectivity index (χ3n) is 2.41. The number of hydrogen-bond acceptors (Lipinski definition) is 5. The van der Waals surface area contributed by atoms with Crippen LogP contribution < -0.4 is 5.32 Å². The molecule has 0 saturated carbocycles. The van der Waals surface area contributed by atoms with E-state index in [4.69, 9.17) is 0 Å². The molecule has 0 bridgehead atoms. The second-order valence-electron chi connectivity index (χ2n) is 3.75. The van der Waals surface area contributed by atoms with Crippen LogP contribution in [-0.4, -0.2) is 15.0 Å². The van der Waals surface area contributed by atoms with Gasteiger partial charge in [-0.2, -0.15) is 0 Å². The number of halogens is 1. The Morgan fingerprint density at radius 3 is 2.74 bits per heavy atom. The quantitative estimate of drug-likeness (QED) is 0.784. The minimum atomic E-state index is 0.553. The number of nitrogens with one attached hydrogen (secondary N) is 1. The topological polar surface area (TPSA) is 50.7 Å². The Morgan fingerprint density at radius 2 is 1.95 bits per heavy atom. The van der Waals surface area contributed by atoms with Crippen LogP contribution in [-0.2, 0) is 0 Å². The number of thiazole rings is 1. The summed E-state index contributed by atoms with van der Waals surface area (Å²) in [5, 5.41) is 5.87. The van der Waals surface area contributed by atoms with Crippen LogP contribution in [0.5, 0.6) is 0 Å². The maximum Gasteiger partial charge on any atom is 0.228 e. The lowest BCUT2D eigenvalue weighted by molar-refractivity contribution is 1.16. The molecule has 0 fully saturated rings. The van der Waals surface area contributed by atoms with Gasteiger partial charge in [0.1, 0.15) is 0 Å². The van der Waals surface area contributed by atoms with Crippen molar-refractivity contribution < 1.29 is 0 Å². The average Bonchev–Trinajstić information content (AvgIpc) is 2.88. The molecular formula is C13H9BrN4S.